The fourth-order valence-electron chi connectivity index (χ4n) is 1.96. The molecule has 0 aromatic rings. The van der Waals surface area contributed by atoms with Crippen molar-refractivity contribution >= 4 is 0 Å². The van der Waals surface area contributed by atoms with Crippen molar-refractivity contribution in [2.75, 3.05) is 39.4 Å². The van der Waals surface area contributed by atoms with Gasteiger partial charge in [-0.1, -0.05) is 20.8 Å². The highest BCUT2D eigenvalue weighted by Gasteiger charge is 2.28. The minimum Gasteiger partial charge on any atom is -0.374 e. The first-order chi connectivity index (χ1) is 7.89. The van der Waals surface area contributed by atoms with Crippen LogP contribution in [0.25, 0.3) is 0 Å². The molecule has 3 nitrogen and oxygen atoms in total. The van der Waals surface area contributed by atoms with Crippen molar-refractivity contribution in [3.8, 4) is 0 Å². The third-order valence-corrected chi connectivity index (χ3v) is 3.10. The van der Waals surface area contributed by atoms with Crippen LogP contribution in [0.15, 0.2) is 0 Å². The molecule has 0 aromatic carbocycles. The van der Waals surface area contributed by atoms with Gasteiger partial charge in [0, 0.05) is 32.2 Å². The average Bonchev–Trinajstić information content (AvgIpc) is 2.23. The van der Waals surface area contributed by atoms with E-state index >= 15 is 0 Å². The Balaban J connectivity index is 2.21. The van der Waals surface area contributed by atoms with E-state index in [2.05, 4.69) is 31.0 Å². The van der Waals surface area contributed by atoms with Gasteiger partial charge in [0.15, 0.2) is 0 Å². The molecule has 0 amide bonds. The SMILES string of the molecule is CC(C)(C)C1CN(CCOCC(F)F)CCN1. The Kier molecular flexibility index (Phi) is 5.76. The van der Waals surface area contributed by atoms with Crippen molar-refractivity contribution in [1.82, 2.24) is 10.2 Å². The normalized spacial score (nSPS) is 23.3. The van der Waals surface area contributed by atoms with Gasteiger partial charge in [-0.05, 0) is 5.41 Å². The maximum absolute atomic E-state index is 11.9. The second-order valence-electron chi connectivity index (χ2n) is 5.64. The summed E-state index contributed by atoms with van der Waals surface area (Å²) in [5.74, 6) is 0. The van der Waals surface area contributed by atoms with Crippen molar-refractivity contribution in [2.24, 2.45) is 5.41 Å². The van der Waals surface area contributed by atoms with Gasteiger partial charge in [0.05, 0.1) is 6.61 Å². The van der Waals surface area contributed by atoms with Crippen molar-refractivity contribution in [3.63, 3.8) is 0 Å². The van der Waals surface area contributed by atoms with Gasteiger partial charge in [-0.2, -0.15) is 0 Å². The number of rotatable bonds is 5. The summed E-state index contributed by atoms with van der Waals surface area (Å²) in [7, 11) is 0. The minimum absolute atomic E-state index is 0.225. The predicted octanol–water partition coefficient (Wildman–Crippen LogP) is 1.59. The monoisotopic (exact) mass is 250 g/mol. The summed E-state index contributed by atoms with van der Waals surface area (Å²) in [4.78, 5) is 2.28. The van der Waals surface area contributed by atoms with E-state index in [0.717, 1.165) is 26.2 Å². The number of halogens is 2. The third kappa shape index (κ3) is 5.75. The van der Waals surface area contributed by atoms with Crippen LogP contribution in [0, 0.1) is 5.41 Å². The van der Waals surface area contributed by atoms with E-state index in [1.807, 2.05) is 0 Å². The maximum atomic E-state index is 11.9. The molecule has 1 aliphatic rings. The highest BCUT2D eigenvalue weighted by atomic mass is 19.3. The van der Waals surface area contributed by atoms with Crippen LogP contribution in [-0.4, -0.2) is 56.8 Å². The largest absolute Gasteiger partial charge is 0.374 e. The van der Waals surface area contributed by atoms with Crippen LogP contribution in [0.3, 0.4) is 0 Å². The summed E-state index contributed by atoms with van der Waals surface area (Å²) < 4.78 is 28.6. The summed E-state index contributed by atoms with van der Waals surface area (Å²) >= 11 is 0. The summed E-state index contributed by atoms with van der Waals surface area (Å²) in [5.41, 5.74) is 0.225. The van der Waals surface area contributed by atoms with Crippen LogP contribution < -0.4 is 5.32 Å². The second-order valence-corrected chi connectivity index (χ2v) is 5.64. The number of hydrogen-bond acceptors (Lipinski definition) is 3. The van der Waals surface area contributed by atoms with Gasteiger partial charge >= 0.3 is 0 Å². The average molecular weight is 250 g/mol. The highest BCUT2D eigenvalue weighted by Crippen LogP contribution is 2.21. The molecule has 0 saturated carbocycles. The smallest absolute Gasteiger partial charge is 0.261 e. The van der Waals surface area contributed by atoms with Crippen molar-refractivity contribution in [3.05, 3.63) is 0 Å². The lowest BCUT2D eigenvalue weighted by Gasteiger charge is -2.40. The van der Waals surface area contributed by atoms with Crippen LogP contribution >= 0.6 is 0 Å². The number of piperazine rings is 1. The predicted molar refractivity (Wildman–Crippen MR) is 64.5 cm³/mol. The first-order valence-corrected chi connectivity index (χ1v) is 6.21. The molecular formula is C12H24F2N2O. The van der Waals surface area contributed by atoms with E-state index < -0.39 is 13.0 Å². The lowest BCUT2D eigenvalue weighted by atomic mass is 9.85. The van der Waals surface area contributed by atoms with E-state index in [1.54, 1.807) is 0 Å². The van der Waals surface area contributed by atoms with Crippen LogP contribution in [0.5, 0.6) is 0 Å². The molecule has 0 radical (unpaired) electrons. The number of nitrogens with one attached hydrogen (secondary N) is 1. The third-order valence-electron chi connectivity index (χ3n) is 3.10. The number of ether oxygens (including phenoxy) is 1. The molecule has 0 bridgehead atoms. The second kappa shape index (κ2) is 6.61. The molecule has 1 aliphatic heterocycles. The summed E-state index contributed by atoms with van der Waals surface area (Å²) in [6.07, 6.45) is -2.36. The number of nitrogens with zero attached hydrogens (tertiary/aromatic N) is 1. The molecule has 1 unspecified atom stereocenters. The number of alkyl halides is 2. The molecule has 5 heteroatoms. The minimum atomic E-state index is -2.36. The van der Waals surface area contributed by atoms with Crippen LogP contribution in [0.1, 0.15) is 20.8 Å². The van der Waals surface area contributed by atoms with Gasteiger partial charge < -0.3 is 10.1 Å². The van der Waals surface area contributed by atoms with Gasteiger partial charge in [0.25, 0.3) is 6.43 Å². The van der Waals surface area contributed by atoms with Crippen LogP contribution in [0.4, 0.5) is 8.78 Å². The topological polar surface area (TPSA) is 24.5 Å². The molecule has 1 N–H and O–H groups in total. The Hall–Kier alpha value is -0.260. The molecule has 102 valence electrons. The lowest BCUT2D eigenvalue weighted by molar-refractivity contribution is 0.00537. The van der Waals surface area contributed by atoms with Gasteiger partial charge in [-0.25, -0.2) is 8.78 Å². The highest BCUT2D eigenvalue weighted by molar-refractivity contribution is 4.87. The summed E-state index contributed by atoms with van der Waals surface area (Å²) in [6, 6.07) is 0.450. The first kappa shape index (κ1) is 14.8. The fourth-order valence-corrected chi connectivity index (χ4v) is 1.96. The Morgan fingerprint density at radius 2 is 2.12 bits per heavy atom. The Bertz CT molecular complexity index is 219. The van der Waals surface area contributed by atoms with E-state index in [0.29, 0.717) is 12.6 Å². The van der Waals surface area contributed by atoms with Gasteiger partial charge in [0.2, 0.25) is 0 Å². The molecule has 0 aromatic heterocycles. The molecule has 1 heterocycles. The van der Waals surface area contributed by atoms with Crippen LogP contribution in [0.2, 0.25) is 0 Å². The zero-order chi connectivity index (χ0) is 12.9. The van der Waals surface area contributed by atoms with E-state index in [1.165, 1.54) is 0 Å². The molecule has 17 heavy (non-hydrogen) atoms. The van der Waals surface area contributed by atoms with E-state index in [4.69, 9.17) is 4.74 Å². The lowest BCUT2D eigenvalue weighted by Crippen LogP contribution is -2.56. The molecule has 1 fully saturated rings. The first-order valence-electron chi connectivity index (χ1n) is 6.21. The summed E-state index contributed by atoms with van der Waals surface area (Å²) in [6.45, 7) is 10.2. The molecular weight excluding hydrogens is 226 g/mol. The summed E-state index contributed by atoms with van der Waals surface area (Å²) in [5, 5.41) is 3.50. The molecule has 1 saturated heterocycles. The molecule has 1 atom stereocenters. The fraction of sp³-hybridized carbons (Fsp3) is 1.00. The van der Waals surface area contributed by atoms with Gasteiger partial charge in [-0.3, -0.25) is 4.90 Å². The van der Waals surface area contributed by atoms with E-state index in [-0.39, 0.29) is 5.41 Å². The van der Waals surface area contributed by atoms with Crippen molar-refractivity contribution < 1.29 is 13.5 Å². The standard InChI is InChI=1S/C12H24F2N2O/c1-12(2,3)10-8-16(5-4-15-10)6-7-17-9-11(13)14/h10-11,15H,4-9H2,1-3H3. The molecule has 0 aliphatic carbocycles. The Labute approximate surface area is 103 Å². The number of hydrogen-bond donors (Lipinski definition) is 1. The van der Waals surface area contributed by atoms with Gasteiger partial charge in [-0.15, -0.1) is 0 Å². The quantitative estimate of drug-likeness (QED) is 0.750. The zero-order valence-corrected chi connectivity index (χ0v) is 11.0. The molecule has 1 rings (SSSR count). The zero-order valence-electron chi connectivity index (χ0n) is 11.0. The van der Waals surface area contributed by atoms with Crippen molar-refractivity contribution in [1.29, 1.82) is 0 Å². The Morgan fingerprint density at radius 1 is 1.41 bits per heavy atom. The van der Waals surface area contributed by atoms with Crippen LogP contribution in [-0.2, 0) is 4.74 Å². The van der Waals surface area contributed by atoms with E-state index in [9.17, 15) is 8.78 Å². The molecule has 0 spiro atoms. The van der Waals surface area contributed by atoms with Gasteiger partial charge in [0.1, 0.15) is 6.61 Å². The Morgan fingerprint density at radius 3 is 2.71 bits per heavy atom. The van der Waals surface area contributed by atoms with Crippen molar-refractivity contribution in [2.45, 2.75) is 33.2 Å². The maximum Gasteiger partial charge on any atom is 0.261 e.